The van der Waals surface area contributed by atoms with Gasteiger partial charge in [0.1, 0.15) is 0 Å². The van der Waals surface area contributed by atoms with E-state index in [1.54, 1.807) is 12.4 Å². The Balaban J connectivity index is 0.000000547. The molecule has 0 aliphatic carbocycles. The van der Waals surface area contributed by atoms with Crippen molar-refractivity contribution in [2.24, 2.45) is 0 Å². The van der Waals surface area contributed by atoms with Crippen LogP contribution >= 0.6 is 22.6 Å². The SMILES string of the molecule is CCCCCCCCCCCCCCI.c1ccncc1. The lowest BCUT2D eigenvalue weighted by atomic mass is 10.1. The molecule has 0 atom stereocenters. The maximum atomic E-state index is 3.78. The fourth-order valence-corrected chi connectivity index (χ4v) is 2.79. The molecule has 1 heterocycles. The van der Waals surface area contributed by atoms with Crippen molar-refractivity contribution < 1.29 is 0 Å². The molecule has 0 fully saturated rings. The molecule has 0 saturated carbocycles. The number of halogens is 1. The second-order valence-electron chi connectivity index (χ2n) is 5.60. The number of aromatic nitrogens is 1. The highest BCUT2D eigenvalue weighted by Gasteiger charge is 1.92. The molecule has 0 N–H and O–H groups in total. The minimum atomic E-state index is 1.34. The topological polar surface area (TPSA) is 12.9 Å². The van der Waals surface area contributed by atoms with Crippen LogP contribution in [0.25, 0.3) is 0 Å². The van der Waals surface area contributed by atoms with Gasteiger partial charge in [0.2, 0.25) is 0 Å². The first kappa shape index (κ1) is 20.9. The van der Waals surface area contributed by atoms with E-state index in [1.165, 1.54) is 81.5 Å². The van der Waals surface area contributed by atoms with E-state index in [1.807, 2.05) is 18.2 Å². The second kappa shape index (κ2) is 19.9. The molecule has 122 valence electrons. The number of alkyl halides is 1. The normalized spacial score (nSPS) is 10.0. The molecule has 2 heteroatoms. The van der Waals surface area contributed by atoms with E-state index >= 15 is 0 Å². The first-order chi connectivity index (χ1) is 10.4. The van der Waals surface area contributed by atoms with E-state index in [0.29, 0.717) is 0 Å². The molecule has 0 spiro atoms. The van der Waals surface area contributed by atoms with E-state index < -0.39 is 0 Å². The van der Waals surface area contributed by atoms with Gasteiger partial charge in [-0.1, -0.05) is 106 Å². The summed E-state index contributed by atoms with van der Waals surface area (Å²) < 4.78 is 1.34. The molecule has 21 heavy (non-hydrogen) atoms. The third-order valence-electron chi connectivity index (χ3n) is 3.55. The standard InChI is InChI=1S/C14H29I.C5H5N/c1-2-3-4-5-6-7-8-9-10-11-12-13-14-15;1-2-4-6-5-3-1/h2-14H2,1H3;1-5H. The van der Waals surface area contributed by atoms with Crippen LogP contribution in [-0.2, 0) is 0 Å². The van der Waals surface area contributed by atoms with Crippen LogP contribution in [0.1, 0.15) is 84.0 Å². The van der Waals surface area contributed by atoms with Gasteiger partial charge < -0.3 is 0 Å². The predicted octanol–water partition coefficient (Wildman–Crippen LogP) is 7.20. The van der Waals surface area contributed by atoms with Gasteiger partial charge in [-0.2, -0.15) is 0 Å². The molecule has 0 radical (unpaired) electrons. The molecule has 0 aliphatic heterocycles. The maximum Gasteiger partial charge on any atom is 0.0267 e. The molecule has 1 aromatic rings. The van der Waals surface area contributed by atoms with Crippen LogP contribution in [0.2, 0.25) is 0 Å². The summed E-state index contributed by atoms with van der Waals surface area (Å²) in [6.45, 7) is 2.29. The zero-order valence-electron chi connectivity index (χ0n) is 13.9. The van der Waals surface area contributed by atoms with Gasteiger partial charge in [-0.05, 0) is 23.0 Å². The zero-order valence-corrected chi connectivity index (χ0v) is 16.1. The molecule has 0 aromatic carbocycles. The Bertz CT molecular complexity index is 225. The lowest BCUT2D eigenvalue weighted by Crippen LogP contribution is -1.82. The fraction of sp³-hybridized carbons (Fsp3) is 0.737. The Morgan fingerprint density at radius 1 is 0.619 bits per heavy atom. The largest absolute Gasteiger partial charge is 0.265 e. The Morgan fingerprint density at radius 2 is 1.05 bits per heavy atom. The molecule has 1 nitrogen and oxygen atoms in total. The van der Waals surface area contributed by atoms with Gasteiger partial charge in [0.25, 0.3) is 0 Å². The van der Waals surface area contributed by atoms with Gasteiger partial charge >= 0.3 is 0 Å². The van der Waals surface area contributed by atoms with E-state index in [-0.39, 0.29) is 0 Å². The van der Waals surface area contributed by atoms with Crippen LogP contribution in [0, 0.1) is 0 Å². The van der Waals surface area contributed by atoms with Crippen molar-refractivity contribution in [2.45, 2.75) is 84.0 Å². The molecular weight excluding hydrogens is 369 g/mol. The first-order valence-corrected chi connectivity index (χ1v) is 10.3. The molecule has 0 amide bonds. The van der Waals surface area contributed by atoms with E-state index in [4.69, 9.17) is 0 Å². The average Bonchev–Trinajstić information content (AvgIpc) is 2.55. The van der Waals surface area contributed by atoms with Crippen molar-refractivity contribution >= 4 is 22.6 Å². The maximum absolute atomic E-state index is 3.78. The predicted molar refractivity (Wildman–Crippen MR) is 104 cm³/mol. The monoisotopic (exact) mass is 403 g/mol. The minimum Gasteiger partial charge on any atom is -0.265 e. The number of nitrogens with zero attached hydrogens (tertiary/aromatic N) is 1. The van der Waals surface area contributed by atoms with Crippen LogP contribution in [-0.4, -0.2) is 9.41 Å². The van der Waals surface area contributed by atoms with Crippen molar-refractivity contribution in [2.75, 3.05) is 4.43 Å². The van der Waals surface area contributed by atoms with Gasteiger partial charge in [-0.15, -0.1) is 0 Å². The Kier molecular flexibility index (Phi) is 19.8. The molecular formula is C19H34IN. The highest BCUT2D eigenvalue weighted by atomic mass is 127. The van der Waals surface area contributed by atoms with Crippen molar-refractivity contribution in [1.82, 2.24) is 4.98 Å². The molecule has 0 unspecified atom stereocenters. The summed E-state index contributed by atoms with van der Waals surface area (Å²) in [4.78, 5) is 3.78. The third-order valence-corrected chi connectivity index (χ3v) is 4.32. The van der Waals surface area contributed by atoms with Gasteiger partial charge in [0.05, 0.1) is 0 Å². The summed E-state index contributed by atoms with van der Waals surface area (Å²) in [6.07, 6.45) is 21.0. The molecule has 1 rings (SSSR count). The Labute approximate surface area is 146 Å². The van der Waals surface area contributed by atoms with Crippen LogP contribution < -0.4 is 0 Å². The summed E-state index contributed by atoms with van der Waals surface area (Å²) in [5.41, 5.74) is 0. The Hall–Kier alpha value is -0.120. The second-order valence-corrected chi connectivity index (χ2v) is 6.68. The number of unbranched alkanes of at least 4 members (excludes halogenated alkanes) is 11. The van der Waals surface area contributed by atoms with Gasteiger partial charge in [-0.25, -0.2) is 0 Å². The van der Waals surface area contributed by atoms with Gasteiger partial charge in [0, 0.05) is 12.4 Å². The lowest BCUT2D eigenvalue weighted by Gasteiger charge is -2.01. The van der Waals surface area contributed by atoms with E-state index in [9.17, 15) is 0 Å². The van der Waals surface area contributed by atoms with Crippen LogP contribution in [0.15, 0.2) is 30.6 Å². The molecule has 1 aromatic heterocycles. The number of hydrogen-bond donors (Lipinski definition) is 0. The van der Waals surface area contributed by atoms with Crippen LogP contribution in [0.5, 0.6) is 0 Å². The smallest absolute Gasteiger partial charge is 0.0267 e. The van der Waals surface area contributed by atoms with Crippen LogP contribution in [0.3, 0.4) is 0 Å². The summed E-state index contributed by atoms with van der Waals surface area (Å²) in [5, 5.41) is 0. The van der Waals surface area contributed by atoms with E-state index in [0.717, 1.165) is 0 Å². The van der Waals surface area contributed by atoms with Crippen molar-refractivity contribution in [3.05, 3.63) is 30.6 Å². The van der Waals surface area contributed by atoms with E-state index in [2.05, 4.69) is 34.5 Å². The fourth-order valence-electron chi connectivity index (χ4n) is 2.25. The molecule has 0 bridgehead atoms. The first-order valence-electron chi connectivity index (χ1n) is 8.82. The van der Waals surface area contributed by atoms with Crippen molar-refractivity contribution in [3.8, 4) is 0 Å². The number of rotatable bonds is 12. The summed E-state index contributed by atoms with van der Waals surface area (Å²) in [7, 11) is 0. The van der Waals surface area contributed by atoms with Gasteiger partial charge in [-0.3, -0.25) is 4.98 Å². The van der Waals surface area contributed by atoms with Crippen LogP contribution in [0.4, 0.5) is 0 Å². The minimum absolute atomic E-state index is 1.34. The van der Waals surface area contributed by atoms with Crippen molar-refractivity contribution in [3.63, 3.8) is 0 Å². The van der Waals surface area contributed by atoms with Crippen molar-refractivity contribution in [1.29, 1.82) is 0 Å². The summed E-state index contributed by atoms with van der Waals surface area (Å²) in [6, 6.07) is 5.72. The van der Waals surface area contributed by atoms with Gasteiger partial charge in [0.15, 0.2) is 0 Å². The summed E-state index contributed by atoms with van der Waals surface area (Å²) >= 11 is 2.48. The quantitative estimate of drug-likeness (QED) is 0.204. The Morgan fingerprint density at radius 3 is 1.33 bits per heavy atom. The highest BCUT2D eigenvalue weighted by Crippen LogP contribution is 2.12. The third kappa shape index (κ3) is 19.9. The number of hydrogen-bond acceptors (Lipinski definition) is 1. The summed E-state index contributed by atoms with van der Waals surface area (Å²) in [5.74, 6) is 0. The number of pyridine rings is 1. The lowest BCUT2D eigenvalue weighted by molar-refractivity contribution is 0.549. The molecule has 0 saturated heterocycles. The highest BCUT2D eigenvalue weighted by molar-refractivity contribution is 14.1. The molecule has 0 aliphatic rings. The average molecular weight is 403 g/mol. The zero-order chi connectivity index (χ0) is 15.4.